The van der Waals surface area contributed by atoms with E-state index in [2.05, 4.69) is 5.16 Å². The summed E-state index contributed by atoms with van der Waals surface area (Å²) in [5.41, 5.74) is 1.14. The lowest BCUT2D eigenvalue weighted by atomic mass is 10.0. The smallest absolute Gasteiger partial charge is 0.187 e. The van der Waals surface area contributed by atoms with E-state index in [9.17, 15) is 0 Å². The van der Waals surface area contributed by atoms with E-state index in [1.54, 1.807) is 42.5 Å². The first kappa shape index (κ1) is 15.2. The van der Waals surface area contributed by atoms with Crippen molar-refractivity contribution in [3.63, 3.8) is 0 Å². The van der Waals surface area contributed by atoms with Crippen molar-refractivity contribution < 1.29 is 9.94 Å². The minimum absolute atomic E-state index is 0.0728. The first-order valence-electron chi connectivity index (χ1n) is 5.94. The van der Waals surface area contributed by atoms with Crippen LogP contribution in [0.5, 0.6) is 5.75 Å². The SMILES string of the molecule is N#C/C(=N/O)c1ccccc1COc1ccc(Cl)cc1Cl. The molecule has 1 N–H and O–H groups in total. The van der Waals surface area contributed by atoms with Gasteiger partial charge in [-0.25, -0.2) is 0 Å². The summed E-state index contributed by atoms with van der Waals surface area (Å²) < 4.78 is 5.62. The Balaban J connectivity index is 2.23. The highest BCUT2D eigenvalue weighted by molar-refractivity contribution is 6.35. The number of hydrogen-bond acceptors (Lipinski definition) is 4. The molecule has 0 aliphatic carbocycles. The predicted molar refractivity (Wildman–Crippen MR) is 81.2 cm³/mol. The molecular formula is C15H10Cl2N2O2. The zero-order valence-corrected chi connectivity index (χ0v) is 12.3. The van der Waals surface area contributed by atoms with Crippen molar-refractivity contribution in [2.75, 3.05) is 0 Å². The fourth-order valence-corrected chi connectivity index (χ4v) is 2.22. The predicted octanol–water partition coefficient (Wildman–Crippen LogP) is 4.27. The van der Waals surface area contributed by atoms with Crippen LogP contribution in [0.4, 0.5) is 0 Å². The van der Waals surface area contributed by atoms with Crippen molar-refractivity contribution in [3.8, 4) is 11.8 Å². The van der Waals surface area contributed by atoms with Crippen LogP contribution in [-0.2, 0) is 6.61 Å². The Labute approximate surface area is 131 Å². The number of halogens is 2. The summed E-state index contributed by atoms with van der Waals surface area (Å²) in [4.78, 5) is 0. The van der Waals surface area contributed by atoms with Crippen LogP contribution < -0.4 is 4.74 Å². The number of benzene rings is 2. The fourth-order valence-electron chi connectivity index (χ4n) is 1.76. The third-order valence-corrected chi connectivity index (χ3v) is 3.29. The van der Waals surface area contributed by atoms with Crippen LogP contribution in [0.1, 0.15) is 11.1 Å². The van der Waals surface area contributed by atoms with Gasteiger partial charge in [0.05, 0.1) is 5.02 Å². The Morgan fingerprint density at radius 1 is 1.24 bits per heavy atom. The Kier molecular flexibility index (Phi) is 5.04. The van der Waals surface area contributed by atoms with E-state index in [1.165, 1.54) is 0 Å². The number of oxime groups is 1. The molecule has 0 bridgehead atoms. The van der Waals surface area contributed by atoms with Gasteiger partial charge in [0.15, 0.2) is 5.71 Å². The number of ether oxygens (including phenoxy) is 1. The van der Waals surface area contributed by atoms with Crippen LogP contribution in [0.2, 0.25) is 10.0 Å². The standard InChI is InChI=1S/C15H10Cl2N2O2/c16-11-5-6-15(13(17)7-11)21-9-10-3-1-2-4-12(10)14(8-18)19-20/h1-7,20H,9H2/b19-14-. The summed E-state index contributed by atoms with van der Waals surface area (Å²) in [6, 6.07) is 13.8. The second-order valence-corrected chi connectivity index (χ2v) is 4.92. The van der Waals surface area contributed by atoms with Crippen molar-refractivity contribution in [1.29, 1.82) is 5.26 Å². The lowest BCUT2D eigenvalue weighted by Crippen LogP contribution is -2.06. The van der Waals surface area contributed by atoms with Crippen molar-refractivity contribution in [3.05, 3.63) is 63.6 Å². The Morgan fingerprint density at radius 3 is 2.67 bits per heavy atom. The van der Waals surface area contributed by atoms with Gasteiger partial charge in [-0.05, 0) is 23.8 Å². The highest BCUT2D eigenvalue weighted by Gasteiger charge is 2.10. The highest BCUT2D eigenvalue weighted by Crippen LogP contribution is 2.28. The largest absolute Gasteiger partial charge is 0.487 e. The summed E-state index contributed by atoms with van der Waals surface area (Å²) in [6.07, 6.45) is 0. The van der Waals surface area contributed by atoms with Gasteiger partial charge >= 0.3 is 0 Å². The molecule has 21 heavy (non-hydrogen) atoms. The maximum absolute atomic E-state index is 8.95. The van der Waals surface area contributed by atoms with Crippen LogP contribution in [-0.4, -0.2) is 10.9 Å². The van der Waals surface area contributed by atoms with Gasteiger partial charge in [-0.2, -0.15) is 5.26 Å². The van der Waals surface area contributed by atoms with Gasteiger partial charge in [0.1, 0.15) is 18.4 Å². The van der Waals surface area contributed by atoms with Crippen LogP contribution in [0, 0.1) is 11.3 Å². The van der Waals surface area contributed by atoms with Gasteiger partial charge in [0.25, 0.3) is 0 Å². The van der Waals surface area contributed by atoms with E-state index < -0.39 is 0 Å². The van der Waals surface area contributed by atoms with Crippen molar-refractivity contribution in [1.82, 2.24) is 0 Å². The summed E-state index contributed by atoms with van der Waals surface area (Å²) in [5.74, 6) is 0.482. The quantitative estimate of drug-likeness (QED) is 0.519. The summed E-state index contributed by atoms with van der Waals surface area (Å²) in [6.45, 7) is 0.179. The monoisotopic (exact) mass is 320 g/mol. The molecule has 0 amide bonds. The number of nitrogens with zero attached hydrogens (tertiary/aromatic N) is 2. The van der Waals surface area contributed by atoms with E-state index in [0.29, 0.717) is 26.9 Å². The molecule has 0 aliphatic rings. The summed E-state index contributed by atoms with van der Waals surface area (Å²) >= 11 is 11.8. The normalized spacial score (nSPS) is 11.0. The molecular weight excluding hydrogens is 311 g/mol. The molecule has 0 spiro atoms. The van der Waals surface area contributed by atoms with E-state index >= 15 is 0 Å². The minimum atomic E-state index is -0.0728. The Hall–Kier alpha value is -2.22. The molecule has 0 saturated heterocycles. The van der Waals surface area contributed by atoms with Crippen molar-refractivity contribution in [2.24, 2.45) is 5.16 Å². The topological polar surface area (TPSA) is 65.6 Å². The van der Waals surface area contributed by atoms with Crippen LogP contribution in [0.3, 0.4) is 0 Å². The first-order valence-corrected chi connectivity index (χ1v) is 6.69. The molecule has 0 aliphatic heterocycles. The highest BCUT2D eigenvalue weighted by atomic mass is 35.5. The molecule has 0 unspecified atom stereocenters. The second kappa shape index (κ2) is 6.98. The zero-order chi connectivity index (χ0) is 15.2. The van der Waals surface area contributed by atoms with Gasteiger partial charge in [0, 0.05) is 10.6 Å². The Bertz CT molecular complexity index is 724. The molecule has 0 atom stereocenters. The lowest BCUT2D eigenvalue weighted by molar-refractivity contribution is 0.305. The van der Waals surface area contributed by atoms with Crippen LogP contribution >= 0.6 is 23.2 Å². The van der Waals surface area contributed by atoms with Gasteiger partial charge in [-0.3, -0.25) is 0 Å². The molecule has 4 nitrogen and oxygen atoms in total. The summed E-state index contributed by atoms with van der Waals surface area (Å²) in [5, 5.41) is 21.7. The molecule has 0 fully saturated rings. The van der Waals surface area contributed by atoms with E-state index in [4.69, 9.17) is 38.4 Å². The lowest BCUT2D eigenvalue weighted by Gasteiger charge is -2.10. The first-order chi connectivity index (χ1) is 10.2. The molecule has 2 aromatic rings. The van der Waals surface area contributed by atoms with Crippen LogP contribution in [0.15, 0.2) is 47.6 Å². The molecule has 6 heteroatoms. The van der Waals surface area contributed by atoms with E-state index in [0.717, 1.165) is 0 Å². The average molecular weight is 321 g/mol. The number of nitriles is 1. The fraction of sp³-hybridized carbons (Fsp3) is 0.0667. The zero-order valence-electron chi connectivity index (χ0n) is 10.8. The van der Waals surface area contributed by atoms with Gasteiger partial charge in [-0.1, -0.05) is 52.6 Å². The number of rotatable bonds is 4. The molecule has 0 radical (unpaired) electrons. The molecule has 106 valence electrons. The molecule has 2 rings (SSSR count). The van der Waals surface area contributed by atoms with Crippen molar-refractivity contribution >= 4 is 28.9 Å². The molecule has 2 aromatic carbocycles. The molecule has 0 heterocycles. The van der Waals surface area contributed by atoms with E-state index in [1.807, 2.05) is 6.07 Å². The van der Waals surface area contributed by atoms with Gasteiger partial charge in [0.2, 0.25) is 0 Å². The number of hydrogen-bond donors (Lipinski definition) is 1. The molecule has 0 aromatic heterocycles. The van der Waals surface area contributed by atoms with Crippen LogP contribution in [0.25, 0.3) is 0 Å². The average Bonchev–Trinajstić information content (AvgIpc) is 2.49. The van der Waals surface area contributed by atoms with Crippen molar-refractivity contribution in [2.45, 2.75) is 6.61 Å². The third-order valence-electron chi connectivity index (χ3n) is 2.76. The molecule has 0 saturated carbocycles. The minimum Gasteiger partial charge on any atom is -0.487 e. The second-order valence-electron chi connectivity index (χ2n) is 4.08. The third kappa shape index (κ3) is 3.66. The maximum Gasteiger partial charge on any atom is 0.187 e. The van der Waals surface area contributed by atoms with Gasteiger partial charge in [-0.15, -0.1) is 0 Å². The summed E-state index contributed by atoms with van der Waals surface area (Å²) in [7, 11) is 0. The van der Waals surface area contributed by atoms with E-state index in [-0.39, 0.29) is 12.3 Å². The van der Waals surface area contributed by atoms with Gasteiger partial charge < -0.3 is 9.94 Å². The Morgan fingerprint density at radius 2 is 2.00 bits per heavy atom. The maximum atomic E-state index is 8.95.